The van der Waals surface area contributed by atoms with Gasteiger partial charge in [-0.15, -0.1) is 11.3 Å². The monoisotopic (exact) mass is 378 g/mol. The van der Waals surface area contributed by atoms with Gasteiger partial charge in [0.15, 0.2) is 5.13 Å². The Balaban J connectivity index is 2.02. The standard InChI is InChI=1S/C17H22N4O4S/c1-12-10-18-16(26-12)20-15(22)11-21(8-9-24-2)17(23)19-13-6-4-5-7-14(13)25-3/h4-7,10H,8-9,11H2,1-3H3,(H,19,23)(H,18,20,22). The molecule has 0 bridgehead atoms. The van der Waals surface area contributed by atoms with Crippen LogP contribution >= 0.6 is 11.3 Å². The van der Waals surface area contributed by atoms with E-state index in [1.165, 1.54) is 30.5 Å². The fourth-order valence-electron chi connectivity index (χ4n) is 2.14. The van der Waals surface area contributed by atoms with Gasteiger partial charge in [-0.25, -0.2) is 9.78 Å². The maximum Gasteiger partial charge on any atom is 0.322 e. The summed E-state index contributed by atoms with van der Waals surface area (Å²) in [5, 5.41) is 5.95. The molecular weight excluding hydrogens is 356 g/mol. The number of ether oxygens (including phenoxy) is 2. The Bertz CT molecular complexity index is 750. The fourth-order valence-corrected chi connectivity index (χ4v) is 2.82. The molecule has 0 radical (unpaired) electrons. The van der Waals surface area contributed by atoms with Crippen LogP contribution in [0.25, 0.3) is 0 Å². The van der Waals surface area contributed by atoms with E-state index < -0.39 is 6.03 Å². The van der Waals surface area contributed by atoms with Crippen LogP contribution < -0.4 is 15.4 Å². The van der Waals surface area contributed by atoms with E-state index in [0.29, 0.717) is 23.2 Å². The van der Waals surface area contributed by atoms with Crippen LogP contribution in [-0.2, 0) is 9.53 Å². The summed E-state index contributed by atoms with van der Waals surface area (Å²) in [5.41, 5.74) is 0.526. The number of methoxy groups -OCH3 is 2. The number of nitrogens with zero attached hydrogens (tertiary/aromatic N) is 2. The first kappa shape index (κ1) is 19.7. The summed E-state index contributed by atoms with van der Waals surface area (Å²) in [5.74, 6) is 0.209. The number of urea groups is 1. The lowest BCUT2D eigenvalue weighted by atomic mass is 10.3. The number of aryl methyl sites for hydroxylation is 1. The fraction of sp³-hybridized carbons (Fsp3) is 0.353. The molecule has 2 N–H and O–H groups in total. The molecule has 0 spiro atoms. The number of thiazole rings is 1. The third-order valence-electron chi connectivity index (χ3n) is 3.40. The third kappa shape index (κ3) is 5.71. The zero-order valence-electron chi connectivity index (χ0n) is 14.9. The van der Waals surface area contributed by atoms with Gasteiger partial charge < -0.3 is 25.0 Å². The highest BCUT2D eigenvalue weighted by atomic mass is 32.1. The molecule has 2 aromatic rings. The Morgan fingerprint density at radius 3 is 2.65 bits per heavy atom. The molecular formula is C17H22N4O4S. The first-order valence-electron chi connectivity index (χ1n) is 7.93. The van der Waals surface area contributed by atoms with Crippen LogP contribution in [0.1, 0.15) is 4.88 Å². The molecule has 8 nitrogen and oxygen atoms in total. The lowest BCUT2D eigenvalue weighted by Crippen LogP contribution is -2.42. The van der Waals surface area contributed by atoms with Crippen LogP contribution in [0.5, 0.6) is 5.75 Å². The van der Waals surface area contributed by atoms with Crippen molar-refractivity contribution in [2.45, 2.75) is 6.92 Å². The minimum Gasteiger partial charge on any atom is -0.495 e. The molecule has 0 saturated carbocycles. The predicted octanol–water partition coefficient (Wildman–Crippen LogP) is 2.58. The van der Waals surface area contributed by atoms with Gasteiger partial charge in [-0.3, -0.25) is 4.79 Å². The quantitative estimate of drug-likeness (QED) is 0.736. The second kappa shape index (κ2) is 9.73. The highest BCUT2D eigenvalue weighted by Gasteiger charge is 2.19. The second-order valence-corrected chi connectivity index (χ2v) is 6.60. The van der Waals surface area contributed by atoms with E-state index in [-0.39, 0.29) is 19.0 Å². The zero-order valence-corrected chi connectivity index (χ0v) is 15.8. The smallest absolute Gasteiger partial charge is 0.322 e. The van der Waals surface area contributed by atoms with E-state index in [9.17, 15) is 9.59 Å². The summed E-state index contributed by atoms with van der Waals surface area (Å²) in [6.45, 7) is 2.35. The van der Waals surface area contributed by atoms with Gasteiger partial charge >= 0.3 is 6.03 Å². The van der Waals surface area contributed by atoms with Gasteiger partial charge in [0, 0.05) is 24.7 Å². The topological polar surface area (TPSA) is 92.8 Å². The zero-order chi connectivity index (χ0) is 18.9. The number of carbonyl (C=O) groups excluding carboxylic acids is 2. The number of hydrogen-bond donors (Lipinski definition) is 2. The molecule has 1 aromatic heterocycles. The van der Waals surface area contributed by atoms with Crippen molar-refractivity contribution >= 4 is 34.1 Å². The van der Waals surface area contributed by atoms with E-state index in [4.69, 9.17) is 9.47 Å². The number of amides is 3. The van der Waals surface area contributed by atoms with Gasteiger partial charge in [-0.1, -0.05) is 12.1 Å². The minimum absolute atomic E-state index is 0.122. The van der Waals surface area contributed by atoms with Crippen LogP contribution in [0.4, 0.5) is 15.6 Å². The molecule has 1 aromatic carbocycles. The first-order chi connectivity index (χ1) is 12.5. The molecule has 0 fully saturated rings. The van der Waals surface area contributed by atoms with Gasteiger partial charge in [0.2, 0.25) is 5.91 Å². The number of hydrogen-bond acceptors (Lipinski definition) is 6. The van der Waals surface area contributed by atoms with Crippen molar-refractivity contribution < 1.29 is 19.1 Å². The number of benzene rings is 1. The minimum atomic E-state index is -0.419. The highest BCUT2D eigenvalue weighted by Crippen LogP contribution is 2.23. The normalized spacial score (nSPS) is 10.3. The van der Waals surface area contributed by atoms with Crippen LogP contribution in [0, 0.1) is 6.92 Å². The molecule has 0 aliphatic carbocycles. The van der Waals surface area contributed by atoms with E-state index in [0.717, 1.165) is 4.88 Å². The van der Waals surface area contributed by atoms with E-state index >= 15 is 0 Å². The molecule has 140 valence electrons. The van der Waals surface area contributed by atoms with Crippen molar-refractivity contribution in [2.24, 2.45) is 0 Å². The molecule has 0 unspecified atom stereocenters. The molecule has 3 amide bonds. The SMILES string of the molecule is COCCN(CC(=O)Nc1ncc(C)s1)C(=O)Nc1ccccc1OC. The Hall–Kier alpha value is -2.65. The van der Waals surface area contributed by atoms with Gasteiger partial charge in [0.05, 0.1) is 19.4 Å². The molecule has 0 saturated heterocycles. The van der Waals surface area contributed by atoms with Gasteiger partial charge in [-0.05, 0) is 19.1 Å². The second-order valence-electron chi connectivity index (χ2n) is 5.37. The number of nitrogens with one attached hydrogen (secondary N) is 2. The van der Waals surface area contributed by atoms with Crippen LogP contribution in [-0.4, -0.2) is 55.7 Å². The highest BCUT2D eigenvalue weighted by molar-refractivity contribution is 7.15. The number of anilines is 2. The van der Waals surface area contributed by atoms with E-state index in [1.807, 2.05) is 6.92 Å². The van der Waals surface area contributed by atoms with Crippen molar-refractivity contribution in [2.75, 3.05) is 44.5 Å². The van der Waals surface area contributed by atoms with Crippen molar-refractivity contribution in [3.63, 3.8) is 0 Å². The molecule has 0 aliphatic heterocycles. The number of rotatable bonds is 8. The Kier molecular flexibility index (Phi) is 7.37. The van der Waals surface area contributed by atoms with Crippen molar-refractivity contribution in [1.82, 2.24) is 9.88 Å². The number of para-hydroxylation sites is 2. The average Bonchev–Trinajstić information content (AvgIpc) is 3.03. The largest absolute Gasteiger partial charge is 0.495 e. The van der Waals surface area contributed by atoms with Gasteiger partial charge in [0.25, 0.3) is 0 Å². The van der Waals surface area contributed by atoms with Crippen molar-refractivity contribution in [3.05, 3.63) is 35.3 Å². The predicted molar refractivity (Wildman–Crippen MR) is 101 cm³/mol. The van der Waals surface area contributed by atoms with Crippen LogP contribution in [0.2, 0.25) is 0 Å². The van der Waals surface area contributed by atoms with Crippen LogP contribution in [0.15, 0.2) is 30.5 Å². The van der Waals surface area contributed by atoms with Gasteiger partial charge in [-0.2, -0.15) is 0 Å². The lowest BCUT2D eigenvalue weighted by Gasteiger charge is -2.22. The maximum atomic E-state index is 12.6. The van der Waals surface area contributed by atoms with E-state index in [1.54, 1.807) is 30.5 Å². The molecule has 1 heterocycles. The van der Waals surface area contributed by atoms with Crippen molar-refractivity contribution in [1.29, 1.82) is 0 Å². The lowest BCUT2D eigenvalue weighted by molar-refractivity contribution is -0.116. The Morgan fingerprint density at radius 1 is 1.23 bits per heavy atom. The summed E-state index contributed by atoms with van der Waals surface area (Å²) < 4.78 is 10.3. The van der Waals surface area contributed by atoms with E-state index in [2.05, 4.69) is 15.6 Å². The number of carbonyl (C=O) groups is 2. The maximum absolute atomic E-state index is 12.6. The Labute approximate surface area is 156 Å². The summed E-state index contributed by atoms with van der Waals surface area (Å²) in [4.78, 5) is 31.3. The average molecular weight is 378 g/mol. The first-order valence-corrected chi connectivity index (χ1v) is 8.75. The summed E-state index contributed by atoms with van der Waals surface area (Å²) >= 11 is 1.37. The number of aromatic nitrogens is 1. The molecule has 26 heavy (non-hydrogen) atoms. The molecule has 9 heteroatoms. The van der Waals surface area contributed by atoms with Crippen LogP contribution in [0.3, 0.4) is 0 Å². The third-order valence-corrected chi connectivity index (χ3v) is 4.23. The van der Waals surface area contributed by atoms with Gasteiger partial charge in [0.1, 0.15) is 12.3 Å². The summed E-state index contributed by atoms with van der Waals surface area (Å²) in [7, 11) is 3.06. The summed E-state index contributed by atoms with van der Waals surface area (Å²) in [6.07, 6.45) is 1.68. The van der Waals surface area contributed by atoms with Crippen molar-refractivity contribution in [3.8, 4) is 5.75 Å². The molecule has 0 atom stereocenters. The summed E-state index contributed by atoms with van der Waals surface area (Å²) in [6, 6.07) is 6.64. The molecule has 0 aliphatic rings. The molecule has 2 rings (SSSR count). The Morgan fingerprint density at radius 2 is 2.00 bits per heavy atom.